The van der Waals surface area contributed by atoms with Gasteiger partial charge in [-0.25, -0.2) is 9.97 Å². The Balaban J connectivity index is 1.81. The molecule has 0 aliphatic rings. The van der Waals surface area contributed by atoms with Crippen molar-refractivity contribution in [1.29, 1.82) is 0 Å². The topological polar surface area (TPSA) is 146 Å². The van der Waals surface area contributed by atoms with E-state index in [2.05, 4.69) is 28.8 Å². The number of fused-ring (bicyclic) bond motifs is 1. The van der Waals surface area contributed by atoms with E-state index in [0.29, 0.717) is 35.3 Å². The highest BCUT2D eigenvalue weighted by atomic mass is 32.2. The van der Waals surface area contributed by atoms with Gasteiger partial charge in [-0.05, 0) is 18.1 Å². The van der Waals surface area contributed by atoms with Crippen LogP contribution in [-0.2, 0) is 15.8 Å². The van der Waals surface area contributed by atoms with E-state index in [0.717, 1.165) is 10.6 Å². The Bertz CT molecular complexity index is 1050. The zero-order valence-corrected chi connectivity index (χ0v) is 18.3. The second-order valence-corrected chi connectivity index (χ2v) is 9.57. The lowest BCUT2D eigenvalue weighted by atomic mass is 10.2. The van der Waals surface area contributed by atoms with E-state index in [9.17, 15) is 4.57 Å². The number of hydrogen-bond acceptors (Lipinski definition) is 8. The van der Waals surface area contributed by atoms with Gasteiger partial charge in [-0.15, -0.1) is 0 Å². The molecule has 0 saturated heterocycles. The van der Waals surface area contributed by atoms with Gasteiger partial charge in [-0.1, -0.05) is 37.7 Å². The first-order valence-corrected chi connectivity index (χ1v) is 11.8. The molecule has 3 aromatic rings. The molecule has 2 heterocycles. The Labute approximate surface area is 178 Å². The molecule has 2 aromatic heterocycles. The quantitative estimate of drug-likeness (QED) is 0.238. The summed E-state index contributed by atoms with van der Waals surface area (Å²) in [6.07, 6.45) is 0.940. The summed E-state index contributed by atoms with van der Waals surface area (Å²) in [7, 11) is -4.20. The molecule has 0 unspecified atom stereocenters. The first-order chi connectivity index (χ1) is 14.2. The Hall–Kier alpha value is -2.17. The monoisotopic (exact) mass is 453 g/mol. The third kappa shape index (κ3) is 6.16. The molecular weight excluding hydrogens is 429 g/mol. The van der Waals surface area contributed by atoms with Crippen LogP contribution in [-0.4, -0.2) is 48.9 Å². The average Bonchev–Trinajstić information content (AvgIpc) is 3.06. The number of anilines is 1. The van der Waals surface area contributed by atoms with Crippen LogP contribution in [0.2, 0.25) is 0 Å². The third-order valence-corrected chi connectivity index (χ3v) is 5.37. The van der Waals surface area contributed by atoms with Crippen molar-refractivity contribution < 1.29 is 23.8 Å². The summed E-state index contributed by atoms with van der Waals surface area (Å²) in [5, 5.41) is 0.591. The van der Waals surface area contributed by atoms with Crippen molar-refractivity contribution in [3.8, 4) is 5.75 Å². The number of hydrogen-bond donors (Lipinski definition) is 3. The maximum absolute atomic E-state index is 10.9. The van der Waals surface area contributed by atoms with Crippen molar-refractivity contribution in [2.24, 2.45) is 5.92 Å². The molecule has 0 spiro atoms. The van der Waals surface area contributed by atoms with Crippen LogP contribution in [0.15, 0.2) is 40.5 Å². The van der Waals surface area contributed by atoms with E-state index in [1.165, 1.54) is 11.8 Å². The number of para-hydroxylation sites is 1. The van der Waals surface area contributed by atoms with Gasteiger partial charge in [0.05, 0.1) is 24.4 Å². The van der Waals surface area contributed by atoms with E-state index < -0.39 is 13.9 Å². The summed E-state index contributed by atoms with van der Waals surface area (Å²) in [4.78, 5) is 31.6. The second-order valence-electron chi connectivity index (χ2n) is 6.95. The highest BCUT2D eigenvalue weighted by Crippen LogP contribution is 2.37. The second kappa shape index (κ2) is 9.76. The molecule has 12 heteroatoms. The van der Waals surface area contributed by atoms with Gasteiger partial charge in [0.1, 0.15) is 22.6 Å². The van der Waals surface area contributed by atoms with E-state index in [-0.39, 0.29) is 12.6 Å². The fourth-order valence-electron chi connectivity index (χ4n) is 2.53. The van der Waals surface area contributed by atoms with Crippen LogP contribution in [0.25, 0.3) is 11.2 Å². The summed E-state index contributed by atoms with van der Waals surface area (Å²) in [6.45, 7) is 5.17. The standard InChI is InChI=1S/C18H24N5O5PS/c1-12(2)9-28-13-5-3-4-6-14(13)30-17-15-16(21-18(19)22-17)23(10-20-15)7-8-27-11-29(24,25)26/h3-6,10,12H,7-9,11H2,1-2H3,(H2,19,21,22)(H2,24,25,26). The molecule has 0 radical (unpaired) electrons. The number of benzene rings is 1. The summed E-state index contributed by atoms with van der Waals surface area (Å²) in [5.74, 6) is 1.25. The van der Waals surface area contributed by atoms with Gasteiger partial charge in [0.15, 0.2) is 5.65 Å². The predicted octanol–water partition coefficient (Wildman–Crippen LogP) is 2.75. The molecule has 30 heavy (non-hydrogen) atoms. The van der Waals surface area contributed by atoms with Crippen molar-refractivity contribution in [1.82, 2.24) is 19.5 Å². The van der Waals surface area contributed by atoms with Crippen molar-refractivity contribution in [2.45, 2.75) is 30.3 Å². The fourth-order valence-corrected chi connectivity index (χ4v) is 3.86. The molecule has 0 bridgehead atoms. The van der Waals surface area contributed by atoms with Gasteiger partial charge in [-0.3, -0.25) is 4.57 Å². The zero-order chi connectivity index (χ0) is 21.7. The van der Waals surface area contributed by atoms with Crippen LogP contribution in [0.4, 0.5) is 5.95 Å². The fraction of sp³-hybridized carbons (Fsp3) is 0.389. The predicted molar refractivity (Wildman–Crippen MR) is 113 cm³/mol. The Morgan fingerprint density at radius 1 is 1.27 bits per heavy atom. The molecule has 0 saturated carbocycles. The highest BCUT2D eigenvalue weighted by molar-refractivity contribution is 7.99. The Kier molecular flexibility index (Phi) is 7.32. The zero-order valence-electron chi connectivity index (χ0n) is 16.6. The molecule has 0 aliphatic heterocycles. The van der Waals surface area contributed by atoms with Gasteiger partial charge in [0, 0.05) is 6.54 Å². The normalized spacial score (nSPS) is 12.0. The number of ether oxygens (including phenoxy) is 2. The van der Waals surface area contributed by atoms with Gasteiger partial charge in [0.25, 0.3) is 0 Å². The van der Waals surface area contributed by atoms with Crippen molar-refractivity contribution in [3.63, 3.8) is 0 Å². The van der Waals surface area contributed by atoms with E-state index >= 15 is 0 Å². The van der Waals surface area contributed by atoms with Crippen molar-refractivity contribution in [2.75, 3.05) is 25.3 Å². The van der Waals surface area contributed by atoms with E-state index in [1.807, 2.05) is 24.3 Å². The minimum Gasteiger partial charge on any atom is -0.492 e. The molecule has 4 N–H and O–H groups in total. The maximum Gasteiger partial charge on any atom is 0.350 e. The summed E-state index contributed by atoms with van der Waals surface area (Å²) in [5.41, 5.74) is 7.00. The Morgan fingerprint density at radius 3 is 2.77 bits per heavy atom. The minimum absolute atomic E-state index is 0.0921. The Morgan fingerprint density at radius 2 is 2.03 bits per heavy atom. The lowest BCUT2D eigenvalue weighted by molar-refractivity contribution is 0.149. The number of aromatic nitrogens is 4. The molecule has 0 amide bonds. The first-order valence-electron chi connectivity index (χ1n) is 9.23. The van der Waals surface area contributed by atoms with Crippen LogP contribution in [0.3, 0.4) is 0 Å². The molecule has 0 atom stereocenters. The minimum atomic E-state index is -4.20. The number of nitrogen functional groups attached to an aromatic ring is 1. The maximum atomic E-state index is 10.9. The average molecular weight is 453 g/mol. The third-order valence-electron chi connectivity index (χ3n) is 3.81. The summed E-state index contributed by atoms with van der Waals surface area (Å²) >= 11 is 1.39. The van der Waals surface area contributed by atoms with Gasteiger partial charge < -0.3 is 29.6 Å². The lowest BCUT2D eigenvalue weighted by Crippen LogP contribution is -2.08. The number of nitrogens with zero attached hydrogens (tertiary/aromatic N) is 4. The van der Waals surface area contributed by atoms with Crippen LogP contribution in [0, 0.1) is 5.92 Å². The summed E-state index contributed by atoms with van der Waals surface area (Å²) < 4.78 is 23.5. The molecule has 0 aliphatic carbocycles. The lowest BCUT2D eigenvalue weighted by Gasteiger charge is -2.12. The van der Waals surface area contributed by atoms with Crippen molar-refractivity contribution >= 4 is 36.5 Å². The first kappa shape index (κ1) is 22.5. The SMILES string of the molecule is CC(C)COc1ccccc1Sc1nc(N)nc2c1ncn2CCOCP(=O)(O)O. The van der Waals surface area contributed by atoms with Crippen LogP contribution in [0.5, 0.6) is 5.75 Å². The molecule has 0 fully saturated rings. The highest BCUT2D eigenvalue weighted by Gasteiger charge is 2.16. The van der Waals surface area contributed by atoms with Gasteiger partial charge in [0.2, 0.25) is 5.95 Å². The molecule has 1 aromatic carbocycles. The summed E-state index contributed by atoms with van der Waals surface area (Å²) in [6, 6.07) is 7.68. The number of nitrogens with two attached hydrogens (primary N) is 1. The van der Waals surface area contributed by atoms with E-state index in [1.54, 1.807) is 10.9 Å². The molecular formula is C18H24N5O5PS. The van der Waals surface area contributed by atoms with Crippen molar-refractivity contribution in [3.05, 3.63) is 30.6 Å². The molecule has 10 nitrogen and oxygen atoms in total. The van der Waals surface area contributed by atoms with E-state index in [4.69, 9.17) is 25.0 Å². The van der Waals surface area contributed by atoms with Gasteiger partial charge in [-0.2, -0.15) is 4.98 Å². The van der Waals surface area contributed by atoms with Gasteiger partial charge >= 0.3 is 7.60 Å². The van der Waals surface area contributed by atoms with Crippen LogP contribution >= 0.6 is 19.4 Å². The molecule has 162 valence electrons. The van der Waals surface area contributed by atoms with Crippen LogP contribution in [0.1, 0.15) is 13.8 Å². The number of rotatable bonds is 10. The largest absolute Gasteiger partial charge is 0.492 e. The molecule has 3 rings (SSSR count). The smallest absolute Gasteiger partial charge is 0.350 e. The number of imidazole rings is 1. The van der Waals surface area contributed by atoms with Crippen LogP contribution < -0.4 is 10.5 Å².